The van der Waals surface area contributed by atoms with Crippen molar-refractivity contribution in [2.75, 3.05) is 20.0 Å². The Bertz CT molecular complexity index is 647. The van der Waals surface area contributed by atoms with Crippen LogP contribution in [0.4, 0.5) is 5.95 Å². The minimum atomic E-state index is 0.577. The third-order valence-corrected chi connectivity index (χ3v) is 3.64. The van der Waals surface area contributed by atoms with Gasteiger partial charge in [-0.1, -0.05) is 0 Å². The zero-order valence-corrected chi connectivity index (χ0v) is 11.4. The van der Waals surface area contributed by atoms with Crippen molar-refractivity contribution >= 4 is 5.95 Å². The van der Waals surface area contributed by atoms with Gasteiger partial charge in [-0.15, -0.1) is 0 Å². The zero-order chi connectivity index (χ0) is 13.6. The van der Waals surface area contributed by atoms with Crippen LogP contribution < -0.4 is 15.2 Å². The number of nitrogens with zero attached hydrogens (tertiary/aromatic N) is 2. The molecule has 1 aromatic carbocycles. The van der Waals surface area contributed by atoms with Crippen LogP contribution >= 0.6 is 0 Å². The van der Waals surface area contributed by atoms with Gasteiger partial charge in [-0.2, -0.15) is 0 Å². The summed E-state index contributed by atoms with van der Waals surface area (Å²) in [6, 6.07) is 4.05. The van der Waals surface area contributed by atoms with Gasteiger partial charge >= 0.3 is 0 Å². The Kier molecular flexibility index (Phi) is 2.62. The van der Waals surface area contributed by atoms with Crippen LogP contribution in [0, 0.1) is 6.92 Å². The standard InChI is InChI=1S/C14H17N3O2/c1-8-13-10-7-12(19-3)11(18-2)6-9(10)4-5-17(13)14(15)16-8/h6-7H,4-5H2,1-3H3,(H2,15,16). The van der Waals surface area contributed by atoms with E-state index in [-0.39, 0.29) is 0 Å². The van der Waals surface area contributed by atoms with Crippen molar-refractivity contribution in [1.82, 2.24) is 9.55 Å². The quantitative estimate of drug-likeness (QED) is 0.896. The number of aryl methyl sites for hydroxylation is 2. The van der Waals surface area contributed by atoms with E-state index in [9.17, 15) is 0 Å². The number of aromatic nitrogens is 2. The number of fused-ring (bicyclic) bond motifs is 3. The van der Waals surface area contributed by atoms with E-state index in [4.69, 9.17) is 15.2 Å². The molecule has 0 aliphatic carbocycles. The van der Waals surface area contributed by atoms with Gasteiger partial charge in [-0.3, -0.25) is 0 Å². The second-order valence-corrected chi connectivity index (χ2v) is 4.67. The Morgan fingerprint density at radius 1 is 1.21 bits per heavy atom. The van der Waals surface area contributed by atoms with E-state index in [1.165, 1.54) is 5.56 Å². The number of nitrogens with two attached hydrogens (primary N) is 1. The SMILES string of the molecule is COc1cc2c(cc1OC)-c1c(C)nc(N)n1CC2. The molecule has 0 fully saturated rings. The predicted molar refractivity (Wildman–Crippen MR) is 73.6 cm³/mol. The topological polar surface area (TPSA) is 62.3 Å². The lowest BCUT2D eigenvalue weighted by Crippen LogP contribution is -2.13. The highest BCUT2D eigenvalue weighted by Gasteiger charge is 2.23. The Labute approximate surface area is 112 Å². The molecule has 0 atom stereocenters. The molecule has 5 nitrogen and oxygen atoms in total. The summed E-state index contributed by atoms with van der Waals surface area (Å²) in [5.41, 5.74) is 10.3. The lowest BCUT2D eigenvalue weighted by molar-refractivity contribution is 0.354. The Hall–Kier alpha value is -2.17. The Balaban J connectivity index is 2.26. The van der Waals surface area contributed by atoms with E-state index in [0.717, 1.165) is 41.4 Å². The van der Waals surface area contributed by atoms with Crippen molar-refractivity contribution in [1.29, 1.82) is 0 Å². The van der Waals surface area contributed by atoms with Crippen molar-refractivity contribution in [2.45, 2.75) is 19.9 Å². The second-order valence-electron chi connectivity index (χ2n) is 4.67. The fourth-order valence-electron chi connectivity index (χ4n) is 2.74. The highest BCUT2D eigenvalue weighted by molar-refractivity contribution is 5.73. The fourth-order valence-corrected chi connectivity index (χ4v) is 2.74. The number of imidazole rings is 1. The van der Waals surface area contributed by atoms with Gasteiger partial charge in [0.15, 0.2) is 11.5 Å². The van der Waals surface area contributed by atoms with E-state index in [1.54, 1.807) is 14.2 Å². The van der Waals surface area contributed by atoms with Crippen LogP contribution in [-0.4, -0.2) is 23.8 Å². The first-order chi connectivity index (χ1) is 9.15. The first-order valence-corrected chi connectivity index (χ1v) is 6.23. The van der Waals surface area contributed by atoms with E-state index >= 15 is 0 Å². The van der Waals surface area contributed by atoms with Crippen LogP contribution in [0.3, 0.4) is 0 Å². The van der Waals surface area contributed by atoms with E-state index in [1.807, 2.05) is 19.1 Å². The van der Waals surface area contributed by atoms with Crippen molar-refractivity contribution in [3.05, 3.63) is 23.4 Å². The smallest absolute Gasteiger partial charge is 0.200 e. The number of benzene rings is 1. The zero-order valence-electron chi connectivity index (χ0n) is 11.4. The minimum Gasteiger partial charge on any atom is -0.493 e. The van der Waals surface area contributed by atoms with Crippen molar-refractivity contribution in [3.63, 3.8) is 0 Å². The van der Waals surface area contributed by atoms with Gasteiger partial charge in [0.05, 0.1) is 25.6 Å². The molecule has 1 aliphatic rings. The van der Waals surface area contributed by atoms with Crippen LogP contribution in [0.25, 0.3) is 11.3 Å². The van der Waals surface area contributed by atoms with Gasteiger partial charge in [-0.05, 0) is 31.0 Å². The number of anilines is 1. The maximum absolute atomic E-state index is 5.94. The summed E-state index contributed by atoms with van der Waals surface area (Å²) >= 11 is 0. The fraction of sp³-hybridized carbons (Fsp3) is 0.357. The molecule has 5 heteroatoms. The molecule has 2 N–H and O–H groups in total. The highest BCUT2D eigenvalue weighted by atomic mass is 16.5. The molecule has 0 radical (unpaired) electrons. The largest absolute Gasteiger partial charge is 0.493 e. The van der Waals surface area contributed by atoms with E-state index in [2.05, 4.69) is 9.55 Å². The lowest BCUT2D eigenvalue weighted by Gasteiger charge is -2.22. The van der Waals surface area contributed by atoms with Crippen molar-refractivity contribution in [2.24, 2.45) is 0 Å². The molecular weight excluding hydrogens is 242 g/mol. The monoisotopic (exact) mass is 259 g/mol. The molecule has 2 aromatic rings. The number of hydrogen-bond donors (Lipinski definition) is 1. The molecule has 0 amide bonds. The van der Waals surface area contributed by atoms with Gasteiger partial charge in [0, 0.05) is 12.1 Å². The molecule has 1 aromatic heterocycles. The third kappa shape index (κ3) is 1.65. The molecule has 100 valence electrons. The van der Waals surface area contributed by atoms with Gasteiger partial charge in [0.25, 0.3) is 0 Å². The normalized spacial score (nSPS) is 12.8. The molecule has 1 aliphatic heterocycles. The van der Waals surface area contributed by atoms with Crippen molar-refractivity contribution in [3.8, 4) is 22.8 Å². The summed E-state index contributed by atoms with van der Waals surface area (Å²) in [6.45, 7) is 2.83. The molecule has 0 spiro atoms. The molecule has 2 heterocycles. The molecule has 3 rings (SSSR count). The van der Waals surface area contributed by atoms with Crippen LogP contribution in [0.15, 0.2) is 12.1 Å². The summed E-state index contributed by atoms with van der Waals surface area (Å²) in [5.74, 6) is 2.07. The maximum Gasteiger partial charge on any atom is 0.200 e. The molecular formula is C14H17N3O2. The van der Waals surface area contributed by atoms with Gasteiger partial charge in [0.1, 0.15) is 0 Å². The van der Waals surface area contributed by atoms with Gasteiger partial charge in [0.2, 0.25) is 5.95 Å². The molecule has 0 unspecified atom stereocenters. The Morgan fingerprint density at radius 2 is 1.89 bits per heavy atom. The molecule has 0 saturated carbocycles. The minimum absolute atomic E-state index is 0.577. The van der Waals surface area contributed by atoms with Crippen LogP contribution in [0.5, 0.6) is 11.5 Å². The first-order valence-electron chi connectivity index (χ1n) is 6.23. The van der Waals surface area contributed by atoms with Crippen LogP contribution in [-0.2, 0) is 13.0 Å². The average molecular weight is 259 g/mol. The van der Waals surface area contributed by atoms with E-state index < -0.39 is 0 Å². The van der Waals surface area contributed by atoms with E-state index in [0.29, 0.717) is 5.95 Å². The summed E-state index contributed by atoms with van der Waals surface area (Å²) in [7, 11) is 3.30. The van der Waals surface area contributed by atoms with Crippen LogP contribution in [0.2, 0.25) is 0 Å². The number of methoxy groups -OCH3 is 2. The van der Waals surface area contributed by atoms with Gasteiger partial charge in [-0.25, -0.2) is 4.98 Å². The second kappa shape index (κ2) is 4.19. The number of hydrogen-bond acceptors (Lipinski definition) is 4. The summed E-state index contributed by atoms with van der Waals surface area (Å²) in [4.78, 5) is 4.36. The lowest BCUT2D eigenvalue weighted by atomic mass is 9.96. The van der Waals surface area contributed by atoms with Gasteiger partial charge < -0.3 is 19.8 Å². The Morgan fingerprint density at radius 3 is 2.58 bits per heavy atom. The predicted octanol–water partition coefficient (Wildman–Crippen LogP) is 2.01. The number of nitrogen functional groups attached to an aromatic ring is 1. The average Bonchev–Trinajstić information content (AvgIpc) is 2.72. The summed E-state index contributed by atoms with van der Waals surface area (Å²) in [6.07, 6.45) is 0.919. The number of rotatable bonds is 2. The summed E-state index contributed by atoms with van der Waals surface area (Å²) < 4.78 is 12.8. The molecule has 0 saturated heterocycles. The highest BCUT2D eigenvalue weighted by Crippen LogP contribution is 2.40. The van der Waals surface area contributed by atoms with Crippen molar-refractivity contribution < 1.29 is 9.47 Å². The molecule has 0 bridgehead atoms. The maximum atomic E-state index is 5.94. The first kappa shape index (κ1) is 11.9. The molecule has 19 heavy (non-hydrogen) atoms. The number of ether oxygens (including phenoxy) is 2. The van der Waals surface area contributed by atoms with Crippen LogP contribution in [0.1, 0.15) is 11.3 Å². The third-order valence-electron chi connectivity index (χ3n) is 3.64. The summed E-state index contributed by atoms with van der Waals surface area (Å²) in [5, 5.41) is 0.